The highest BCUT2D eigenvalue weighted by Crippen LogP contribution is 2.39. The molecule has 1 aliphatic rings. The van der Waals surface area contributed by atoms with Gasteiger partial charge in [0.1, 0.15) is 17.1 Å². The van der Waals surface area contributed by atoms with Gasteiger partial charge in [-0.15, -0.1) is 0 Å². The van der Waals surface area contributed by atoms with E-state index in [0.717, 1.165) is 16.6 Å². The van der Waals surface area contributed by atoms with E-state index in [4.69, 9.17) is 9.72 Å². The fraction of sp³-hybridized carbons (Fsp3) is 0.321. The number of alkyl halides is 2. The van der Waals surface area contributed by atoms with Crippen LogP contribution < -0.4 is 4.74 Å². The maximum atomic E-state index is 15.5. The van der Waals surface area contributed by atoms with Gasteiger partial charge in [0.15, 0.2) is 17.4 Å². The summed E-state index contributed by atoms with van der Waals surface area (Å²) in [5.74, 6) is -0.433. The maximum Gasteiger partial charge on any atom is 0.387 e. The van der Waals surface area contributed by atoms with E-state index >= 15 is 4.39 Å². The van der Waals surface area contributed by atoms with Gasteiger partial charge in [-0.2, -0.15) is 23.8 Å². The summed E-state index contributed by atoms with van der Waals surface area (Å²) < 4.78 is 49.1. The van der Waals surface area contributed by atoms with Crippen molar-refractivity contribution < 1.29 is 23.0 Å². The molecule has 0 atom stereocenters. The molecule has 0 aliphatic carbocycles. The molecule has 0 radical (unpaired) electrons. The van der Waals surface area contributed by atoms with E-state index < -0.39 is 23.8 Å². The molecule has 0 fully saturated rings. The molecule has 0 unspecified atom stereocenters. The Bertz CT molecular complexity index is 1760. The predicted molar refractivity (Wildman–Crippen MR) is 143 cm³/mol. The molecule has 4 heterocycles. The molecule has 3 aromatic heterocycles. The number of aromatic nitrogens is 7. The van der Waals surface area contributed by atoms with Gasteiger partial charge in [0, 0.05) is 42.7 Å². The summed E-state index contributed by atoms with van der Waals surface area (Å²) in [7, 11) is 3.53. The first-order valence-electron chi connectivity index (χ1n) is 12.9. The van der Waals surface area contributed by atoms with E-state index in [9.17, 15) is 13.9 Å². The van der Waals surface area contributed by atoms with Crippen molar-refractivity contribution in [2.75, 3.05) is 7.05 Å². The summed E-state index contributed by atoms with van der Waals surface area (Å²) in [6.45, 7) is 0.821. The van der Waals surface area contributed by atoms with Crippen LogP contribution in [0.5, 0.6) is 5.75 Å². The molecule has 13 heteroatoms. The first kappa shape index (κ1) is 26.8. The Labute approximate surface area is 233 Å². The van der Waals surface area contributed by atoms with E-state index in [1.165, 1.54) is 17.1 Å². The van der Waals surface area contributed by atoms with E-state index in [2.05, 4.69) is 20.2 Å². The fourth-order valence-corrected chi connectivity index (χ4v) is 5.15. The van der Waals surface area contributed by atoms with Crippen LogP contribution in [0.25, 0.3) is 33.4 Å². The Hall–Kier alpha value is -4.36. The van der Waals surface area contributed by atoms with Gasteiger partial charge >= 0.3 is 6.61 Å². The van der Waals surface area contributed by atoms with Gasteiger partial charge < -0.3 is 14.4 Å². The van der Waals surface area contributed by atoms with Crippen molar-refractivity contribution >= 4 is 11.0 Å². The van der Waals surface area contributed by atoms with E-state index in [1.54, 1.807) is 33.3 Å². The molecule has 5 aromatic rings. The molecule has 0 saturated carbocycles. The number of aryl methyl sites for hydroxylation is 1. The quantitative estimate of drug-likeness (QED) is 0.338. The van der Waals surface area contributed by atoms with Gasteiger partial charge in [-0.3, -0.25) is 4.90 Å². The van der Waals surface area contributed by atoms with Crippen LogP contribution in [0.15, 0.2) is 42.9 Å². The van der Waals surface area contributed by atoms with Gasteiger partial charge in [0.05, 0.1) is 30.3 Å². The molecular weight excluding hydrogens is 537 g/mol. The van der Waals surface area contributed by atoms with Gasteiger partial charge in [-0.1, -0.05) is 6.07 Å². The van der Waals surface area contributed by atoms with Crippen LogP contribution in [0.4, 0.5) is 13.2 Å². The van der Waals surface area contributed by atoms with Crippen LogP contribution >= 0.6 is 0 Å². The summed E-state index contributed by atoms with van der Waals surface area (Å²) in [6.07, 6.45) is 4.77. The SMILES string of the molecule is CN1Cc2c(-c3cnn(C)n3)cc(F)c(OC(F)F)c2Cn2c(nc3ccc(-c4cnc(C(C)(C)O)nc4)cc32)C1. The Morgan fingerprint density at radius 2 is 1.73 bits per heavy atom. The first-order valence-corrected chi connectivity index (χ1v) is 12.9. The van der Waals surface area contributed by atoms with Gasteiger partial charge in [-0.05, 0) is 50.2 Å². The van der Waals surface area contributed by atoms with Crippen molar-refractivity contribution in [2.45, 2.75) is 45.7 Å². The predicted octanol–water partition coefficient (Wildman–Crippen LogP) is 4.25. The lowest BCUT2D eigenvalue weighted by Gasteiger charge is -2.27. The number of rotatable bonds is 5. The van der Waals surface area contributed by atoms with E-state index in [1.807, 2.05) is 34.7 Å². The average molecular weight is 565 g/mol. The topological polar surface area (TPSA) is 107 Å². The fourth-order valence-electron chi connectivity index (χ4n) is 5.15. The normalized spacial score (nSPS) is 14.2. The largest absolute Gasteiger partial charge is 0.431 e. The third-order valence-electron chi connectivity index (χ3n) is 7.05. The monoisotopic (exact) mass is 564 g/mol. The second-order valence-electron chi connectivity index (χ2n) is 10.6. The molecule has 0 saturated heterocycles. The molecule has 2 aromatic carbocycles. The first-order chi connectivity index (χ1) is 19.5. The minimum Gasteiger partial charge on any atom is -0.431 e. The Morgan fingerprint density at radius 3 is 2.39 bits per heavy atom. The van der Waals surface area contributed by atoms with Gasteiger partial charge in [-0.25, -0.2) is 19.3 Å². The molecule has 1 N–H and O–H groups in total. The third kappa shape index (κ3) is 5.02. The molecule has 0 amide bonds. The number of halogens is 3. The Balaban J connectivity index is 1.52. The van der Waals surface area contributed by atoms with Crippen LogP contribution in [0.2, 0.25) is 0 Å². The van der Waals surface area contributed by atoms with Crippen molar-refractivity contribution in [1.82, 2.24) is 39.4 Å². The lowest BCUT2D eigenvalue weighted by Crippen LogP contribution is -2.26. The van der Waals surface area contributed by atoms with Crippen molar-refractivity contribution in [3.05, 3.63) is 71.4 Å². The second kappa shape index (κ2) is 9.93. The van der Waals surface area contributed by atoms with Crippen molar-refractivity contribution in [3.63, 3.8) is 0 Å². The molecule has 0 bridgehead atoms. The number of fused-ring (bicyclic) bond motifs is 4. The standard InChI is InChI=1S/C28H27F3N8O2/c1-28(2,40)26-32-9-16(10-33-26)15-5-6-21-23(7-15)39-13-19-18(12-37(3)14-24(39)35-21)17(22-11-34-38(4)36-22)8-20(29)25(19)41-27(30)31/h5-11,27,40H,12-14H2,1-4H3. The van der Waals surface area contributed by atoms with Gasteiger partial charge in [0.25, 0.3) is 0 Å². The number of imidazole rings is 1. The highest BCUT2D eigenvalue weighted by molar-refractivity contribution is 5.83. The van der Waals surface area contributed by atoms with Crippen molar-refractivity contribution in [1.29, 1.82) is 0 Å². The summed E-state index contributed by atoms with van der Waals surface area (Å²) in [5, 5.41) is 18.6. The zero-order valence-corrected chi connectivity index (χ0v) is 22.8. The number of benzene rings is 2. The zero-order chi connectivity index (χ0) is 29.1. The molecule has 0 spiro atoms. The zero-order valence-electron chi connectivity index (χ0n) is 22.8. The van der Waals surface area contributed by atoms with Gasteiger partial charge in [0.2, 0.25) is 0 Å². The maximum absolute atomic E-state index is 15.5. The van der Waals surface area contributed by atoms with Crippen molar-refractivity contribution in [2.24, 2.45) is 7.05 Å². The molecule has 1 aliphatic heterocycles. The number of hydrogen-bond acceptors (Lipinski definition) is 8. The molecule has 10 nitrogen and oxygen atoms in total. The molecule has 212 valence electrons. The Morgan fingerprint density at radius 1 is 0.976 bits per heavy atom. The lowest BCUT2D eigenvalue weighted by atomic mass is 9.96. The van der Waals surface area contributed by atoms with E-state index in [0.29, 0.717) is 47.1 Å². The van der Waals surface area contributed by atoms with Crippen molar-refractivity contribution in [3.8, 4) is 28.1 Å². The van der Waals surface area contributed by atoms with Crippen LogP contribution in [0.1, 0.15) is 36.6 Å². The van der Waals surface area contributed by atoms with Crippen LogP contribution in [0, 0.1) is 5.82 Å². The van der Waals surface area contributed by atoms with E-state index in [-0.39, 0.29) is 12.1 Å². The average Bonchev–Trinajstić information content (AvgIpc) is 3.48. The molecular formula is C28H27F3N8O2. The minimum absolute atomic E-state index is 0.0413. The minimum atomic E-state index is -3.21. The summed E-state index contributed by atoms with van der Waals surface area (Å²) in [4.78, 5) is 16.7. The van der Waals surface area contributed by atoms with Crippen LogP contribution in [-0.4, -0.2) is 58.2 Å². The third-order valence-corrected chi connectivity index (χ3v) is 7.05. The van der Waals surface area contributed by atoms with Crippen LogP contribution in [-0.2, 0) is 32.3 Å². The smallest absolute Gasteiger partial charge is 0.387 e. The molecule has 41 heavy (non-hydrogen) atoms. The highest BCUT2D eigenvalue weighted by Gasteiger charge is 2.28. The lowest BCUT2D eigenvalue weighted by molar-refractivity contribution is -0.0529. The summed E-state index contributed by atoms with van der Waals surface area (Å²) in [5.41, 5.74) is 3.52. The highest BCUT2D eigenvalue weighted by atomic mass is 19.3. The number of nitrogens with zero attached hydrogens (tertiary/aromatic N) is 8. The summed E-state index contributed by atoms with van der Waals surface area (Å²) in [6, 6.07) is 6.84. The Kier molecular flexibility index (Phi) is 6.50. The summed E-state index contributed by atoms with van der Waals surface area (Å²) >= 11 is 0. The number of hydrogen-bond donors (Lipinski definition) is 1. The number of aliphatic hydroxyl groups is 1. The number of ether oxygens (including phenoxy) is 1. The van der Waals surface area contributed by atoms with Crippen LogP contribution in [0.3, 0.4) is 0 Å². The second-order valence-corrected chi connectivity index (χ2v) is 10.6. The molecule has 6 rings (SSSR count).